The molecule has 3 aromatic rings. The molecule has 0 saturated heterocycles. The molecule has 5 nitrogen and oxygen atoms in total. The topological polar surface area (TPSA) is 68.3 Å². The van der Waals surface area contributed by atoms with E-state index in [0.29, 0.717) is 17.4 Å². The Bertz CT molecular complexity index is 1280. The molecule has 2 aromatic carbocycles. The van der Waals surface area contributed by atoms with Crippen molar-refractivity contribution in [2.24, 2.45) is 11.8 Å². The van der Waals surface area contributed by atoms with E-state index in [9.17, 15) is 9.59 Å². The van der Waals surface area contributed by atoms with E-state index in [4.69, 9.17) is 9.72 Å². The van der Waals surface area contributed by atoms with Crippen LogP contribution in [0.25, 0.3) is 22.6 Å². The summed E-state index contributed by atoms with van der Waals surface area (Å²) in [7, 11) is 0. The largest absolute Gasteiger partial charge is 0.452 e. The second-order valence-electron chi connectivity index (χ2n) is 9.93. The number of fused-ring (bicyclic) bond motifs is 2. The van der Waals surface area contributed by atoms with Crippen molar-refractivity contribution >= 4 is 34.4 Å². The lowest BCUT2D eigenvalue weighted by Gasteiger charge is -2.34. The number of amides is 1. The average Bonchev–Trinajstić information content (AvgIpc) is 3.26. The second kappa shape index (κ2) is 10.0. The summed E-state index contributed by atoms with van der Waals surface area (Å²) in [5, 5.41) is 3.86. The third kappa shape index (κ3) is 4.86. The van der Waals surface area contributed by atoms with Gasteiger partial charge in [0.25, 0.3) is 5.91 Å². The molecular weight excluding hydrogens is 436 g/mol. The number of esters is 1. The van der Waals surface area contributed by atoms with E-state index in [1.165, 1.54) is 6.42 Å². The number of aromatic nitrogens is 1. The summed E-state index contributed by atoms with van der Waals surface area (Å²) < 4.78 is 5.58. The van der Waals surface area contributed by atoms with Gasteiger partial charge in [-0.15, -0.1) is 0 Å². The van der Waals surface area contributed by atoms with Crippen LogP contribution in [0.4, 0.5) is 0 Å². The average molecular weight is 469 g/mol. The van der Waals surface area contributed by atoms with Crippen molar-refractivity contribution in [1.82, 2.24) is 10.3 Å². The van der Waals surface area contributed by atoms with Gasteiger partial charge in [-0.1, -0.05) is 75.2 Å². The summed E-state index contributed by atoms with van der Waals surface area (Å²) >= 11 is 0. The number of allylic oxidation sites excluding steroid dienone is 1. The minimum atomic E-state index is -0.457. The highest BCUT2D eigenvalue weighted by atomic mass is 16.5. The van der Waals surface area contributed by atoms with Crippen LogP contribution < -0.4 is 5.32 Å². The molecule has 1 saturated carbocycles. The van der Waals surface area contributed by atoms with E-state index >= 15 is 0 Å². The number of carbonyl (C=O) groups is 2. The first-order valence-corrected chi connectivity index (χ1v) is 12.7. The van der Waals surface area contributed by atoms with Crippen molar-refractivity contribution in [3.8, 4) is 0 Å². The van der Waals surface area contributed by atoms with Gasteiger partial charge >= 0.3 is 5.97 Å². The molecule has 35 heavy (non-hydrogen) atoms. The number of carbonyl (C=O) groups excluding carboxylic acids is 2. The summed E-state index contributed by atoms with van der Waals surface area (Å²) in [6, 6.07) is 17.9. The monoisotopic (exact) mass is 468 g/mol. The van der Waals surface area contributed by atoms with Gasteiger partial charge in [-0.2, -0.15) is 0 Å². The Morgan fingerprint density at radius 3 is 2.63 bits per heavy atom. The molecule has 3 unspecified atom stereocenters. The predicted octanol–water partition coefficient (Wildman–Crippen LogP) is 5.82. The van der Waals surface area contributed by atoms with E-state index < -0.39 is 5.97 Å². The molecule has 1 N–H and O–H groups in total. The molecule has 0 radical (unpaired) electrons. The molecule has 1 heterocycles. The fraction of sp³-hybridized carbons (Fsp3) is 0.367. The van der Waals surface area contributed by atoms with Gasteiger partial charge in [-0.05, 0) is 59.9 Å². The lowest BCUT2D eigenvalue weighted by Crippen LogP contribution is -2.45. The molecule has 0 spiro atoms. The van der Waals surface area contributed by atoms with Crippen molar-refractivity contribution < 1.29 is 14.3 Å². The molecule has 1 amide bonds. The third-order valence-corrected chi connectivity index (χ3v) is 7.67. The van der Waals surface area contributed by atoms with Gasteiger partial charge in [0.1, 0.15) is 0 Å². The Balaban J connectivity index is 1.39. The van der Waals surface area contributed by atoms with Crippen LogP contribution in [0.2, 0.25) is 0 Å². The molecule has 2 aliphatic carbocycles. The number of nitrogens with zero attached hydrogens (tertiary/aromatic N) is 1. The van der Waals surface area contributed by atoms with Crippen LogP contribution in [0.5, 0.6) is 0 Å². The van der Waals surface area contributed by atoms with Crippen molar-refractivity contribution in [3.05, 3.63) is 77.0 Å². The zero-order valence-electron chi connectivity index (χ0n) is 20.4. The first-order chi connectivity index (χ1) is 17.0. The van der Waals surface area contributed by atoms with Gasteiger partial charge in [0.2, 0.25) is 0 Å². The van der Waals surface area contributed by atoms with Gasteiger partial charge in [0.15, 0.2) is 6.61 Å². The molecule has 1 fully saturated rings. The Labute approximate surface area is 206 Å². The first-order valence-electron chi connectivity index (χ1n) is 12.7. The highest BCUT2D eigenvalue weighted by Crippen LogP contribution is 2.38. The molecule has 5 rings (SSSR count). The molecular formula is C30H32N2O3. The highest BCUT2D eigenvalue weighted by Gasteiger charge is 2.30. The maximum absolute atomic E-state index is 13.3. The Morgan fingerprint density at radius 2 is 1.80 bits per heavy atom. The number of nitrogens with one attached hydrogen (secondary N) is 1. The van der Waals surface area contributed by atoms with Crippen LogP contribution in [0, 0.1) is 11.8 Å². The van der Waals surface area contributed by atoms with Crippen molar-refractivity contribution in [3.63, 3.8) is 0 Å². The van der Waals surface area contributed by atoms with Crippen molar-refractivity contribution in [1.29, 1.82) is 0 Å². The zero-order valence-corrected chi connectivity index (χ0v) is 20.4. The minimum Gasteiger partial charge on any atom is -0.452 e. The van der Waals surface area contributed by atoms with Gasteiger partial charge in [-0.25, -0.2) is 9.78 Å². The second-order valence-corrected chi connectivity index (χ2v) is 9.93. The number of para-hydroxylation sites is 1. The van der Waals surface area contributed by atoms with Crippen molar-refractivity contribution in [2.45, 2.75) is 52.0 Å². The number of ether oxygens (including phenoxy) is 1. The maximum Gasteiger partial charge on any atom is 0.339 e. The fourth-order valence-electron chi connectivity index (χ4n) is 5.50. The van der Waals surface area contributed by atoms with Gasteiger partial charge < -0.3 is 10.1 Å². The number of pyridine rings is 1. The smallest absolute Gasteiger partial charge is 0.339 e. The Kier molecular flexibility index (Phi) is 6.67. The van der Waals surface area contributed by atoms with Gasteiger partial charge in [0.05, 0.1) is 16.8 Å². The molecule has 0 bridgehead atoms. The predicted molar refractivity (Wildman–Crippen MR) is 139 cm³/mol. The van der Waals surface area contributed by atoms with E-state index in [-0.39, 0.29) is 18.6 Å². The maximum atomic E-state index is 13.3. The summed E-state index contributed by atoms with van der Waals surface area (Å²) in [4.78, 5) is 30.9. The highest BCUT2D eigenvalue weighted by molar-refractivity contribution is 6.07. The third-order valence-electron chi connectivity index (χ3n) is 7.67. The first kappa shape index (κ1) is 23.3. The van der Waals surface area contributed by atoms with Gasteiger partial charge in [0, 0.05) is 11.4 Å². The van der Waals surface area contributed by atoms with Crippen LogP contribution in [-0.2, 0) is 16.0 Å². The summed E-state index contributed by atoms with van der Waals surface area (Å²) in [6.45, 7) is 4.15. The molecule has 0 aliphatic heterocycles. The normalized spacial score (nSPS) is 22.7. The van der Waals surface area contributed by atoms with E-state index in [0.717, 1.165) is 59.0 Å². The van der Waals surface area contributed by atoms with Crippen LogP contribution in [0.1, 0.15) is 66.7 Å². The lowest BCUT2D eigenvalue weighted by atomic mass is 9.78. The van der Waals surface area contributed by atoms with Gasteiger partial charge in [-0.3, -0.25) is 4.79 Å². The van der Waals surface area contributed by atoms with Crippen LogP contribution >= 0.6 is 0 Å². The molecule has 2 aliphatic rings. The minimum absolute atomic E-state index is 0.140. The number of hydrogen-bond donors (Lipinski definition) is 1. The molecule has 3 atom stereocenters. The number of hydrogen-bond acceptors (Lipinski definition) is 4. The summed E-state index contributed by atoms with van der Waals surface area (Å²) in [5.41, 5.74) is 5.28. The Morgan fingerprint density at radius 1 is 1.03 bits per heavy atom. The van der Waals surface area contributed by atoms with E-state index in [1.54, 1.807) is 0 Å². The molecule has 180 valence electrons. The molecule has 1 aromatic heterocycles. The zero-order chi connectivity index (χ0) is 24.4. The molecule has 5 heteroatoms. The summed E-state index contributed by atoms with van der Waals surface area (Å²) in [5.74, 6) is 0.316. The van der Waals surface area contributed by atoms with Crippen molar-refractivity contribution in [2.75, 3.05) is 6.61 Å². The number of benzene rings is 2. The number of rotatable bonds is 5. The van der Waals surface area contributed by atoms with Crippen LogP contribution in [0.15, 0.2) is 54.6 Å². The lowest BCUT2D eigenvalue weighted by molar-refractivity contribution is -0.125. The van der Waals surface area contributed by atoms with Crippen LogP contribution in [-0.4, -0.2) is 29.5 Å². The van der Waals surface area contributed by atoms with E-state index in [1.807, 2.05) is 42.5 Å². The van der Waals surface area contributed by atoms with E-state index in [2.05, 4.69) is 37.4 Å². The fourth-order valence-corrected chi connectivity index (χ4v) is 5.50. The van der Waals surface area contributed by atoms with Crippen LogP contribution in [0.3, 0.4) is 0 Å². The standard InChI is InChI=1S/C30H32N2O3/c1-19-9-8-14-25(20(19)2)31-27(33)18-35-30(34)28-23-12-6-7-13-26(23)32-29-22(15-16-24(28)29)17-21-10-4-3-5-11-21/h3-7,10-13,17,19-20,25H,8-9,14-16,18H2,1-2H3,(H,31,33). The SMILES string of the molecule is CC1CCCC(NC(=O)COC(=O)c2c3c(nc4ccccc24)C(=Cc2ccccc2)CC3)C1C. The Hall–Kier alpha value is -3.47. The quantitative estimate of drug-likeness (QED) is 0.479. The summed E-state index contributed by atoms with van der Waals surface area (Å²) in [6.07, 6.45) is 6.96.